The number of benzene rings is 3. The highest BCUT2D eigenvalue weighted by Gasteiger charge is 2.25. The highest BCUT2D eigenvalue weighted by Crippen LogP contribution is 2.41. The van der Waals surface area contributed by atoms with E-state index in [9.17, 15) is 4.79 Å². The highest BCUT2D eigenvalue weighted by molar-refractivity contribution is 8.00. The van der Waals surface area contributed by atoms with Gasteiger partial charge in [0, 0.05) is 17.7 Å². The van der Waals surface area contributed by atoms with Gasteiger partial charge in [0.15, 0.2) is 5.82 Å². The second kappa shape index (κ2) is 9.80. The van der Waals surface area contributed by atoms with Crippen molar-refractivity contribution in [3.63, 3.8) is 0 Å². The van der Waals surface area contributed by atoms with Gasteiger partial charge in [0.2, 0.25) is 11.8 Å². The molecule has 1 aliphatic heterocycles. The van der Waals surface area contributed by atoms with Gasteiger partial charge in [-0.15, -0.1) is 0 Å². The van der Waals surface area contributed by atoms with E-state index in [1.165, 1.54) is 11.8 Å². The number of fused-ring (bicyclic) bond motifs is 2. The quantitative estimate of drug-likeness (QED) is 0.229. The van der Waals surface area contributed by atoms with Crippen LogP contribution in [0.5, 0.6) is 17.4 Å². The number of aryl methyl sites for hydroxylation is 2. The molecule has 0 unspecified atom stereocenters. The van der Waals surface area contributed by atoms with Crippen LogP contribution in [0.2, 0.25) is 0 Å². The Kier molecular flexibility index (Phi) is 6.42. The molecular weight excluding hydrogens is 458 g/mol. The largest absolute Gasteiger partial charge is 0.497 e. The van der Waals surface area contributed by atoms with Gasteiger partial charge in [-0.2, -0.15) is 4.98 Å². The number of rotatable bonds is 6. The Labute approximate surface area is 208 Å². The molecule has 176 valence electrons. The topological polar surface area (TPSA) is 73.3 Å². The average molecular weight is 484 g/mol. The number of hydrogen-bond donors (Lipinski definition) is 1. The van der Waals surface area contributed by atoms with Gasteiger partial charge in [0.05, 0.1) is 18.4 Å². The van der Waals surface area contributed by atoms with Crippen molar-refractivity contribution in [2.24, 2.45) is 0 Å². The Morgan fingerprint density at radius 3 is 2.54 bits per heavy atom. The maximum absolute atomic E-state index is 12.7. The Bertz CT molecular complexity index is 1390. The number of carbonyl (C=O) groups is 1. The standard InChI is InChI=1S/C28H25N3O3S/c1-17-7-9-19(10-8-17)26-30-27-23(15-20-6-4-5-18(2)25(20)34-27)28(31-26)35-16-24(32)29-21-11-13-22(33-3)14-12-21/h4-14H,15-16H2,1-3H3,(H,29,32). The van der Waals surface area contributed by atoms with E-state index in [0.717, 1.165) is 44.3 Å². The molecule has 0 atom stereocenters. The number of carbonyl (C=O) groups excluding carboxylic acids is 1. The molecule has 3 aromatic carbocycles. The van der Waals surface area contributed by atoms with Gasteiger partial charge in [0.25, 0.3) is 0 Å². The Morgan fingerprint density at radius 1 is 1.03 bits per heavy atom. The lowest BCUT2D eigenvalue weighted by Gasteiger charge is -2.23. The first-order valence-corrected chi connectivity index (χ1v) is 12.3. The molecule has 0 spiro atoms. The van der Waals surface area contributed by atoms with E-state index in [2.05, 4.69) is 11.4 Å². The molecule has 0 fully saturated rings. The maximum atomic E-state index is 12.7. The summed E-state index contributed by atoms with van der Waals surface area (Å²) in [5.41, 5.74) is 5.85. The molecular formula is C28H25N3O3S. The molecule has 0 radical (unpaired) electrons. The monoisotopic (exact) mass is 483 g/mol. The van der Waals surface area contributed by atoms with Crippen molar-refractivity contribution in [1.29, 1.82) is 0 Å². The van der Waals surface area contributed by atoms with Crippen molar-refractivity contribution in [2.75, 3.05) is 18.2 Å². The van der Waals surface area contributed by atoms with Crippen LogP contribution in [0.4, 0.5) is 5.69 Å². The zero-order chi connectivity index (χ0) is 24.4. The van der Waals surface area contributed by atoms with Gasteiger partial charge in [-0.1, -0.05) is 59.8 Å². The van der Waals surface area contributed by atoms with E-state index in [0.29, 0.717) is 23.8 Å². The number of nitrogens with one attached hydrogen (secondary N) is 1. The number of para-hydroxylation sites is 1. The first-order chi connectivity index (χ1) is 17.0. The second-order valence-corrected chi connectivity index (χ2v) is 9.37. The first kappa shape index (κ1) is 22.9. The number of hydrogen-bond acceptors (Lipinski definition) is 6. The van der Waals surface area contributed by atoms with Crippen LogP contribution in [0.15, 0.2) is 71.8 Å². The number of thioether (sulfide) groups is 1. The summed E-state index contributed by atoms with van der Waals surface area (Å²) in [4.78, 5) is 22.3. The molecule has 4 aromatic rings. The highest BCUT2D eigenvalue weighted by atomic mass is 32.2. The fraction of sp³-hybridized carbons (Fsp3) is 0.179. The molecule has 0 saturated heterocycles. The molecule has 0 bridgehead atoms. The number of nitrogens with zero attached hydrogens (tertiary/aromatic N) is 2. The zero-order valence-corrected chi connectivity index (χ0v) is 20.6. The fourth-order valence-corrected chi connectivity index (χ4v) is 4.75. The summed E-state index contributed by atoms with van der Waals surface area (Å²) in [5.74, 6) is 2.82. The van der Waals surface area contributed by atoms with Crippen molar-refractivity contribution >= 4 is 23.4 Å². The molecule has 0 saturated carbocycles. The van der Waals surface area contributed by atoms with Crippen LogP contribution in [0, 0.1) is 13.8 Å². The van der Waals surface area contributed by atoms with E-state index in [4.69, 9.17) is 19.4 Å². The van der Waals surface area contributed by atoms with Crippen LogP contribution < -0.4 is 14.8 Å². The molecule has 5 rings (SSSR count). The number of amides is 1. The van der Waals surface area contributed by atoms with E-state index in [-0.39, 0.29) is 11.7 Å². The lowest BCUT2D eigenvalue weighted by molar-refractivity contribution is -0.113. The predicted octanol–water partition coefficient (Wildman–Crippen LogP) is 6.20. The number of anilines is 1. The predicted molar refractivity (Wildman–Crippen MR) is 139 cm³/mol. The van der Waals surface area contributed by atoms with Gasteiger partial charge in [-0.3, -0.25) is 4.79 Å². The van der Waals surface area contributed by atoms with Crippen molar-refractivity contribution in [3.8, 4) is 28.8 Å². The van der Waals surface area contributed by atoms with E-state index >= 15 is 0 Å². The Balaban J connectivity index is 1.43. The zero-order valence-electron chi connectivity index (χ0n) is 19.8. The summed E-state index contributed by atoms with van der Waals surface area (Å²) in [6.45, 7) is 4.08. The van der Waals surface area contributed by atoms with Crippen LogP contribution >= 0.6 is 11.8 Å². The summed E-state index contributed by atoms with van der Waals surface area (Å²) in [5, 5.41) is 3.68. The first-order valence-electron chi connectivity index (χ1n) is 11.3. The summed E-state index contributed by atoms with van der Waals surface area (Å²) in [7, 11) is 1.61. The molecule has 1 aromatic heterocycles. The smallest absolute Gasteiger partial charge is 0.234 e. The minimum atomic E-state index is -0.114. The van der Waals surface area contributed by atoms with Gasteiger partial charge in [0.1, 0.15) is 16.5 Å². The average Bonchev–Trinajstić information content (AvgIpc) is 2.87. The third-order valence-corrected chi connectivity index (χ3v) is 6.83. The van der Waals surface area contributed by atoms with Gasteiger partial charge in [-0.05, 0) is 49.2 Å². The number of aromatic nitrogens is 2. The molecule has 1 N–H and O–H groups in total. The van der Waals surface area contributed by atoms with Gasteiger partial charge < -0.3 is 14.8 Å². The van der Waals surface area contributed by atoms with Crippen molar-refractivity contribution in [2.45, 2.75) is 25.3 Å². The van der Waals surface area contributed by atoms with Crippen LogP contribution in [-0.4, -0.2) is 28.7 Å². The molecule has 7 heteroatoms. The number of ether oxygens (including phenoxy) is 2. The fourth-order valence-electron chi connectivity index (χ4n) is 3.92. The number of methoxy groups -OCH3 is 1. The summed E-state index contributed by atoms with van der Waals surface area (Å²) < 4.78 is 11.5. The maximum Gasteiger partial charge on any atom is 0.234 e. The van der Waals surface area contributed by atoms with Crippen molar-refractivity contribution in [1.82, 2.24) is 9.97 Å². The van der Waals surface area contributed by atoms with E-state index in [1.807, 2.05) is 74.5 Å². The molecule has 1 amide bonds. The van der Waals surface area contributed by atoms with Crippen LogP contribution in [0.25, 0.3) is 11.4 Å². The molecule has 1 aliphatic rings. The summed E-state index contributed by atoms with van der Waals surface area (Å²) in [6, 6.07) is 21.5. The molecule has 0 aliphatic carbocycles. The molecule has 35 heavy (non-hydrogen) atoms. The second-order valence-electron chi connectivity index (χ2n) is 8.41. The summed E-state index contributed by atoms with van der Waals surface area (Å²) >= 11 is 1.39. The molecule has 2 heterocycles. The minimum absolute atomic E-state index is 0.114. The minimum Gasteiger partial charge on any atom is -0.497 e. The summed E-state index contributed by atoms with van der Waals surface area (Å²) in [6.07, 6.45) is 0.656. The lowest BCUT2D eigenvalue weighted by Crippen LogP contribution is -2.15. The van der Waals surface area contributed by atoms with Gasteiger partial charge in [-0.25, -0.2) is 4.98 Å². The lowest BCUT2D eigenvalue weighted by atomic mass is 10.0. The van der Waals surface area contributed by atoms with Gasteiger partial charge >= 0.3 is 0 Å². The van der Waals surface area contributed by atoms with Crippen molar-refractivity contribution < 1.29 is 14.3 Å². The van der Waals surface area contributed by atoms with Crippen molar-refractivity contribution in [3.05, 3.63) is 89.0 Å². The van der Waals surface area contributed by atoms with Crippen LogP contribution in [-0.2, 0) is 11.2 Å². The van der Waals surface area contributed by atoms with Crippen LogP contribution in [0.3, 0.4) is 0 Å². The Morgan fingerprint density at radius 2 is 1.80 bits per heavy atom. The molecule has 6 nitrogen and oxygen atoms in total. The third kappa shape index (κ3) is 5.00. The van der Waals surface area contributed by atoms with Crippen LogP contribution in [0.1, 0.15) is 22.3 Å². The SMILES string of the molecule is COc1ccc(NC(=O)CSc2nc(-c3ccc(C)cc3)nc3c2Cc2cccc(C)c2O3)cc1. The van der Waals surface area contributed by atoms with E-state index < -0.39 is 0 Å². The third-order valence-electron chi connectivity index (χ3n) is 5.81. The van der Waals surface area contributed by atoms with E-state index in [1.54, 1.807) is 7.11 Å². The Hall–Kier alpha value is -3.84. The normalized spacial score (nSPS) is 11.7.